The van der Waals surface area contributed by atoms with Gasteiger partial charge in [0.05, 0.1) is 5.75 Å². The molecule has 0 aromatic carbocycles. The topological polar surface area (TPSA) is 49.4 Å². The molecule has 0 bridgehead atoms. The van der Waals surface area contributed by atoms with Crippen LogP contribution in [-0.4, -0.2) is 44.7 Å². The van der Waals surface area contributed by atoms with Gasteiger partial charge in [-0.1, -0.05) is 13.8 Å². The number of piperidine rings is 2. The maximum Gasteiger partial charge on any atom is 0.214 e. The van der Waals surface area contributed by atoms with Gasteiger partial charge in [-0.25, -0.2) is 12.7 Å². The van der Waals surface area contributed by atoms with Crippen LogP contribution in [0.5, 0.6) is 0 Å². The van der Waals surface area contributed by atoms with Gasteiger partial charge in [0.25, 0.3) is 0 Å². The lowest BCUT2D eigenvalue weighted by Crippen LogP contribution is -2.41. The minimum Gasteiger partial charge on any atom is -0.317 e. The van der Waals surface area contributed by atoms with Gasteiger partial charge in [0, 0.05) is 13.1 Å². The Hall–Kier alpha value is -0.130. The largest absolute Gasteiger partial charge is 0.317 e. The van der Waals surface area contributed by atoms with Crippen LogP contribution in [-0.2, 0) is 10.0 Å². The predicted octanol–water partition coefficient (Wildman–Crippen LogP) is 2.07. The van der Waals surface area contributed by atoms with Crippen LogP contribution in [0.15, 0.2) is 0 Å². The Labute approximate surface area is 124 Å². The van der Waals surface area contributed by atoms with Crippen molar-refractivity contribution in [2.24, 2.45) is 17.8 Å². The number of hydrogen-bond donors (Lipinski definition) is 1. The fourth-order valence-corrected chi connectivity index (χ4v) is 5.09. The van der Waals surface area contributed by atoms with Crippen molar-refractivity contribution >= 4 is 10.0 Å². The first kappa shape index (κ1) is 16.2. The Morgan fingerprint density at radius 3 is 2.25 bits per heavy atom. The first-order valence-corrected chi connectivity index (χ1v) is 9.78. The molecule has 1 N–H and O–H groups in total. The molecule has 0 spiro atoms. The van der Waals surface area contributed by atoms with Gasteiger partial charge < -0.3 is 5.32 Å². The van der Waals surface area contributed by atoms with E-state index in [0.29, 0.717) is 23.5 Å². The summed E-state index contributed by atoms with van der Waals surface area (Å²) in [4.78, 5) is 0. The maximum absolute atomic E-state index is 12.4. The Kier molecular flexibility index (Phi) is 5.87. The molecule has 0 atom stereocenters. The molecule has 0 amide bonds. The molecule has 0 saturated carbocycles. The Morgan fingerprint density at radius 2 is 1.70 bits per heavy atom. The van der Waals surface area contributed by atoms with E-state index in [9.17, 15) is 8.42 Å². The summed E-state index contributed by atoms with van der Waals surface area (Å²) in [6.07, 6.45) is 5.17. The monoisotopic (exact) mass is 302 g/mol. The molecular formula is C15H30N2O2S. The highest BCUT2D eigenvalue weighted by atomic mass is 32.2. The predicted molar refractivity (Wildman–Crippen MR) is 83.1 cm³/mol. The highest BCUT2D eigenvalue weighted by Gasteiger charge is 2.29. The van der Waals surface area contributed by atoms with Crippen molar-refractivity contribution in [3.8, 4) is 0 Å². The third-order valence-corrected chi connectivity index (χ3v) is 6.98. The maximum atomic E-state index is 12.4. The van der Waals surface area contributed by atoms with E-state index in [2.05, 4.69) is 19.2 Å². The van der Waals surface area contributed by atoms with Gasteiger partial charge >= 0.3 is 0 Å². The number of sulfonamides is 1. The summed E-state index contributed by atoms with van der Waals surface area (Å²) in [7, 11) is -3.02. The molecule has 0 unspecified atom stereocenters. The zero-order valence-electron chi connectivity index (χ0n) is 13.0. The van der Waals surface area contributed by atoms with Crippen LogP contribution in [0.4, 0.5) is 0 Å². The second-order valence-corrected chi connectivity index (χ2v) is 8.87. The molecule has 0 aromatic heterocycles. The SMILES string of the molecule is CC(C)C1CCN(S(=O)(=O)CCC2CCNCC2)CC1. The van der Waals surface area contributed by atoms with Crippen LogP contribution >= 0.6 is 0 Å². The average Bonchev–Trinajstić information content (AvgIpc) is 2.46. The van der Waals surface area contributed by atoms with Gasteiger partial charge in [-0.05, 0) is 62.9 Å². The standard InChI is InChI=1S/C15H30N2O2S/c1-13(2)15-5-10-17(11-6-15)20(18,19)12-7-14-3-8-16-9-4-14/h13-16H,3-12H2,1-2H3. The lowest BCUT2D eigenvalue weighted by atomic mass is 9.87. The molecule has 2 rings (SSSR count). The minimum absolute atomic E-state index is 0.351. The lowest BCUT2D eigenvalue weighted by Gasteiger charge is -2.33. The van der Waals surface area contributed by atoms with Gasteiger partial charge in [0.15, 0.2) is 0 Å². The highest BCUT2D eigenvalue weighted by molar-refractivity contribution is 7.89. The highest BCUT2D eigenvalue weighted by Crippen LogP contribution is 2.26. The fraction of sp³-hybridized carbons (Fsp3) is 1.00. The normalized spacial score (nSPS) is 24.4. The van der Waals surface area contributed by atoms with Gasteiger partial charge in [-0.2, -0.15) is 0 Å². The van der Waals surface area contributed by atoms with Crippen LogP contribution < -0.4 is 5.32 Å². The van der Waals surface area contributed by atoms with E-state index in [1.807, 2.05) is 0 Å². The van der Waals surface area contributed by atoms with Crippen LogP contribution in [0.1, 0.15) is 46.0 Å². The van der Waals surface area contributed by atoms with Crippen LogP contribution in [0.3, 0.4) is 0 Å². The molecule has 0 aromatic rings. The zero-order chi connectivity index (χ0) is 14.6. The van der Waals surface area contributed by atoms with Crippen molar-refractivity contribution < 1.29 is 8.42 Å². The number of nitrogens with one attached hydrogen (secondary N) is 1. The Bertz CT molecular complexity index is 381. The van der Waals surface area contributed by atoms with Crippen LogP contribution in [0, 0.1) is 17.8 Å². The summed E-state index contributed by atoms with van der Waals surface area (Å²) in [6.45, 7) is 8.04. The van der Waals surface area contributed by atoms with Crippen molar-refractivity contribution in [1.29, 1.82) is 0 Å². The van der Waals surface area contributed by atoms with E-state index in [1.54, 1.807) is 4.31 Å². The minimum atomic E-state index is -3.02. The van der Waals surface area contributed by atoms with Crippen molar-refractivity contribution in [2.75, 3.05) is 31.9 Å². The molecule has 2 fully saturated rings. The van der Waals surface area contributed by atoms with Crippen LogP contribution in [0.2, 0.25) is 0 Å². The van der Waals surface area contributed by atoms with E-state index < -0.39 is 10.0 Å². The van der Waals surface area contributed by atoms with E-state index in [0.717, 1.165) is 58.3 Å². The molecule has 2 saturated heterocycles. The molecule has 5 heteroatoms. The van der Waals surface area contributed by atoms with Crippen molar-refractivity contribution in [2.45, 2.75) is 46.0 Å². The Morgan fingerprint density at radius 1 is 1.10 bits per heavy atom. The summed E-state index contributed by atoms with van der Waals surface area (Å²) in [5, 5.41) is 3.33. The summed E-state index contributed by atoms with van der Waals surface area (Å²) in [6, 6.07) is 0. The van der Waals surface area contributed by atoms with Crippen molar-refractivity contribution in [1.82, 2.24) is 9.62 Å². The van der Waals surface area contributed by atoms with Gasteiger partial charge in [-0.3, -0.25) is 0 Å². The third kappa shape index (κ3) is 4.43. The fourth-order valence-electron chi connectivity index (χ4n) is 3.44. The third-order valence-electron chi connectivity index (χ3n) is 5.08. The van der Waals surface area contributed by atoms with Gasteiger partial charge in [0.2, 0.25) is 10.0 Å². The molecule has 20 heavy (non-hydrogen) atoms. The zero-order valence-corrected chi connectivity index (χ0v) is 13.8. The van der Waals surface area contributed by atoms with Gasteiger partial charge in [-0.15, -0.1) is 0 Å². The average molecular weight is 302 g/mol. The van der Waals surface area contributed by atoms with Crippen LogP contribution in [0.25, 0.3) is 0 Å². The number of rotatable bonds is 5. The van der Waals surface area contributed by atoms with E-state index in [-0.39, 0.29) is 0 Å². The van der Waals surface area contributed by atoms with E-state index in [1.165, 1.54) is 0 Å². The number of hydrogen-bond acceptors (Lipinski definition) is 3. The molecule has 2 heterocycles. The lowest BCUT2D eigenvalue weighted by molar-refractivity contribution is 0.226. The summed E-state index contributed by atoms with van der Waals surface area (Å²) in [5.41, 5.74) is 0. The molecular weight excluding hydrogens is 272 g/mol. The second kappa shape index (κ2) is 7.23. The Balaban J connectivity index is 1.78. The molecule has 4 nitrogen and oxygen atoms in total. The van der Waals surface area contributed by atoms with E-state index in [4.69, 9.17) is 0 Å². The quantitative estimate of drug-likeness (QED) is 0.846. The van der Waals surface area contributed by atoms with Crippen molar-refractivity contribution in [3.63, 3.8) is 0 Å². The summed E-state index contributed by atoms with van der Waals surface area (Å²) >= 11 is 0. The molecule has 2 aliphatic rings. The van der Waals surface area contributed by atoms with Crippen molar-refractivity contribution in [3.05, 3.63) is 0 Å². The first-order chi connectivity index (χ1) is 9.49. The smallest absolute Gasteiger partial charge is 0.214 e. The number of nitrogens with zero attached hydrogens (tertiary/aromatic N) is 1. The summed E-state index contributed by atoms with van der Waals surface area (Å²) < 4.78 is 26.6. The molecule has 2 aliphatic heterocycles. The second-order valence-electron chi connectivity index (χ2n) is 6.78. The van der Waals surface area contributed by atoms with Gasteiger partial charge in [0.1, 0.15) is 0 Å². The molecule has 0 aliphatic carbocycles. The van der Waals surface area contributed by atoms with E-state index >= 15 is 0 Å². The summed E-state index contributed by atoms with van der Waals surface area (Å²) in [5.74, 6) is 2.32. The molecule has 118 valence electrons. The molecule has 0 radical (unpaired) electrons. The first-order valence-electron chi connectivity index (χ1n) is 8.17.